The lowest BCUT2D eigenvalue weighted by molar-refractivity contribution is 0.0939. The number of anilines is 2. The van der Waals surface area contributed by atoms with Gasteiger partial charge in [0, 0.05) is 17.1 Å². The van der Waals surface area contributed by atoms with Gasteiger partial charge in [0.05, 0.1) is 18.7 Å². The molecule has 1 aliphatic heterocycles. The van der Waals surface area contributed by atoms with E-state index in [-0.39, 0.29) is 11.9 Å². The highest BCUT2D eigenvalue weighted by Gasteiger charge is 2.23. The van der Waals surface area contributed by atoms with Crippen molar-refractivity contribution in [2.75, 3.05) is 24.3 Å². The Morgan fingerprint density at radius 2 is 1.93 bits per heavy atom. The summed E-state index contributed by atoms with van der Waals surface area (Å²) in [5, 5.41) is 9.41. The lowest BCUT2D eigenvalue weighted by Gasteiger charge is -2.26. The Kier molecular flexibility index (Phi) is 5.58. The number of nitrogens with one attached hydrogen (secondary N) is 3. The zero-order valence-corrected chi connectivity index (χ0v) is 17.2. The summed E-state index contributed by atoms with van der Waals surface area (Å²) in [6.07, 6.45) is 0.739. The Morgan fingerprint density at radius 3 is 2.67 bits per heavy atom. The first-order valence-corrected chi connectivity index (χ1v) is 10.3. The molecule has 1 unspecified atom stereocenters. The number of urea groups is 1. The van der Waals surface area contributed by atoms with E-state index in [0.29, 0.717) is 17.1 Å². The van der Waals surface area contributed by atoms with Gasteiger partial charge in [-0.2, -0.15) is 0 Å². The van der Waals surface area contributed by atoms with Crippen molar-refractivity contribution in [3.05, 3.63) is 65.7 Å². The SMILES string of the molecule is COc1ccc(-c2cc(C(=O)NC3CNc4ccccc4C3)c(NC(N)=O)s2)cc1. The number of primary amides is 1. The van der Waals surface area contributed by atoms with Crippen LogP contribution in [0.2, 0.25) is 0 Å². The molecule has 4 rings (SSSR count). The first kappa shape index (κ1) is 19.8. The summed E-state index contributed by atoms with van der Waals surface area (Å²) in [5.74, 6) is 0.495. The van der Waals surface area contributed by atoms with Crippen molar-refractivity contribution in [2.45, 2.75) is 12.5 Å². The zero-order chi connectivity index (χ0) is 21.1. The standard InChI is InChI=1S/C22H22N4O3S/c1-29-16-8-6-13(7-9-16)19-11-17(21(30-19)26-22(23)28)20(27)25-15-10-14-4-2-3-5-18(14)24-12-15/h2-9,11,15,24H,10,12H2,1H3,(H,25,27)(H3,23,26,28). The maximum absolute atomic E-state index is 13.0. The van der Waals surface area contributed by atoms with Crippen LogP contribution in [0.3, 0.4) is 0 Å². The van der Waals surface area contributed by atoms with Crippen LogP contribution in [0.25, 0.3) is 10.4 Å². The first-order valence-electron chi connectivity index (χ1n) is 9.51. The smallest absolute Gasteiger partial charge is 0.317 e. The van der Waals surface area contributed by atoms with Gasteiger partial charge in [0.2, 0.25) is 0 Å². The Labute approximate surface area is 178 Å². The quantitative estimate of drug-likeness (QED) is 0.503. The molecule has 0 fully saturated rings. The molecule has 8 heteroatoms. The summed E-state index contributed by atoms with van der Waals surface area (Å²) >= 11 is 1.30. The number of hydrogen-bond acceptors (Lipinski definition) is 5. The van der Waals surface area contributed by atoms with Gasteiger partial charge < -0.3 is 21.1 Å². The number of carbonyl (C=O) groups is 2. The number of para-hydroxylation sites is 1. The summed E-state index contributed by atoms with van der Waals surface area (Å²) in [4.78, 5) is 25.3. The summed E-state index contributed by atoms with van der Waals surface area (Å²) < 4.78 is 5.19. The Hall–Kier alpha value is -3.52. The van der Waals surface area contributed by atoms with Crippen molar-refractivity contribution in [2.24, 2.45) is 5.73 Å². The highest BCUT2D eigenvalue weighted by Crippen LogP contribution is 2.36. The molecule has 30 heavy (non-hydrogen) atoms. The first-order chi connectivity index (χ1) is 14.5. The minimum atomic E-state index is -0.708. The molecule has 0 saturated carbocycles. The molecule has 154 valence electrons. The number of nitrogens with two attached hydrogens (primary N) is 1. The minimum Gasteiger partial charge on any atom is -0.497 e. The Morgan fingerprint density at radius 1 is 1.17 bits per heavy atom. The number of fused-ring (bicyclic) bond motifs is 1. The minimum absolute atomic E-state index is 0.0573. The number of benzene rings is 2. The summed E-state index contributed by atoms with van der Waals surface area (Å²) in [5.41, 5.74) is 8.88. The number of amides is 3. The van der Waals surface area contributed by atoms with E-state index >= 15 is 0 Å². The molecular weight excluding hydrogens is 400 g/mol. The van der Waals surface area contributed by atoms with Crippen molar-refractivity contribution in [3.8, 4) is 16.2 Å². The molecule has 0 saturated heterocycles. The van der Waals surface area contributed by atoms with Gasteiger partial charge in [-0.15, -0.1) is 11.3 Å². The van der Waals surface area contributed by atoms with E-state index in [1.54, 1.807) is 13.2 Å². The fraction of sp³-hybridized carbons (Fsp3) is 0.182. The third-order valence-corrected chi connectivity index (χ3v) is 6.05. The molecule has 1 aliphatic rings. The topological polar surface area (TPSA) is 105 Å². The second kappa shape index (κ2) is 8.46. The van der Waals surface area contributed by atoms with Gasteiger partial charge in [-0.1, -0.05) is 18.2 Å². The lowest BCUT2D eigenvalue weighted by Crippen LogP contribution is -2.43. The van der Waals surface area contributed by atoms with Crippen LogP contribution in [0.1, 0.15) is 15.9 Å². The monoisotopic (exact) mass is 422 g/mol. The molecule has 0 radical (unpaired) electrons. The molecule has 2 heterocycles. The molecular formula is C22H22N4O3S. The van der Waals surface area contributed by atoms with E-state index in [1.807, 2.05) is 48.5 Å². The molecule has 0 aliphatic carbocycles. The number of thiophene rings is 1. The maximum atomic E-state index is 13.0. The van der Waals surface area contributed by atoms with Crippen LogP contribution < -0.4 is 26.4 Å². The molecule has 7 nitrogen and oxygen atoms in total. The fourth-order valence-electron chi connectivity index (χ4n) is 3.47. The predicted molar refractivity (Wildman–Crippen MR) is 119 cm³/mol. The second-order valence-corrected chi connectivity index (χ2v) is 8.04. The molecule has 5 N–H and O–H groups in total. The van der Waals surface area contributed by atoms with E-state index < -0.39 is 6.03 Å². The van der Waals surface area contributed by atoms with Crippen molar-refractivity contribution >= 4 is 34.0 Å². The van der Waals surface area contributed by atoms with Crippen LogP contribution in [0, 0.1) is 0 Å². The van der Waals surface area contributed by atoms with Crippen LogP contribution in [-0.2, 0) is 6.42 Å². The van der Waals surface area contributed by atoms with Gasteiger partial charge >= 0.3 is 6.03 Å². The van der Waals surface area contributed by atoms with Crippen molar-refractivity contribution < 1.29 is 14.3 Å². The number of rotatable bonds is 5. The van der Waals surface area contributed by atoms with Gasteiger partial charge in [-0.25, -0.2) is 4.79 Å². The van der Waals surface area contributed by atoms with E-state index in [1.165, 1.54) is 11.3 Å². The summed E-state index contributed by atoms with van der Waals surface area (Å²) in [7, 11) is 1.61. The molecule has 0 bridgehead atoms. The molecule has 3 amide bonds. The maximum Gasteiger partial charge on any atom is 0.317 e. The lowest BCUT2D eigenvalue weighted by atomic mass is 9.99. The van der Waals surface area contributed by atoms with E-state index in [2.05, 4.69) is 16.0 Å². The van der Waals surface area contributed by atoms with Crippen LogP contribution in [-0.4, -0.2) is 31.6 Å². The molecule has 2 aromatic carbocycles. The average molecular weight is 423 g/mol. The normalized spacial score (nSPS) is 14.9. The van der Waals surface area contributed by atoms with Crippen LogP contribution in [0.5, 0.6) is 5.75 Å². The summed E-state index contributed by atoms with van der Waals surface area (Å²) in [6, 6.07) is 16.6. The Balaban J connectivity index is 1.56. The van der Waals surface area contributed by atoms with E-state index in [9.17, 15) is 9.59 Å². The molecule has 1 aromatic heterocycles. The van der Waals surface area contributed by atoms with Crippen molar-refractivity contribution in [1.82, 2.24) is 5.32 Å². The van der Waals surface area contributed by atoms with Gasteiger partial charge in [-0.05, 0) is 53.9 Å². The molecule has 1 atom stereocenters. The average Bonchev–Trinajstić information content (AvgIpc) is 3.17. The van der Waals surface area contributed by atoms with E-state index in [0.717, 1.165) is 33.9 Å². The van der Waals surface area contributed by atoms with Crippen LogP contribution in [0.4, 0.5) is 15.5 Å². The van der Waals surface area contributed by atoms with Crippen LogP contribution >= 0.6 is 11.3 Å². The van der Waals surface area contributed by atoms with Gasteiger partial charge in [0.1, 0.15) is 10.8 Å². The van der Waals surface area contributed by atoms with Gasteiger partial charge in [-0.3, -0.25) is 10.1 Å². The van der Waals surface area contributed by atoms with Crippen LogP contribution in [0.15, 0.2) is 54.6 Å². The third kappa shape index (κ3) is 4.23. The predicted octanol–water partition coefficient (Wildman–Crippen LogP) is 3.68. The van der Waals surface area contributed by atoms with Gasteiger partial charge in [0.15, 0.2) is 0 Å². The third-order valence-electron chi connectivity index (χ3n) is 4.95. The van der Waals surface area contributed by atoms with Crippen molar-refractivity contribution in [1.29, 1.82) is 0 Å². The fourth-order valence-corrected chi connectivity index (χ4v) is 4.53. The molecule has 0 spiro atoms. The highest BCUT2D eigenvalue weighted by molar-refractivity contribution is 7.20. The number of methoxy groups -OCH3 is 1. The van der Waals surface area contributed by atoms with Crippen molar-refractivity contribution in [3.63, 3.8) is 0 Å². The number of ether oxygens (including phenoxy) is 1. The number of carbonyl (C=O) groups excluding carboxylic acids is 2. The second-order valence-electron chi connectivity index (χ2n) is 6.98. The summed E-state index contributed by atoms with van der Waals surface area (Å²) in [6.45, 7) is 0.636. The zero-order valence-electron chi connectivity index (χ0n) is 16.4. The molecule has 3 aromatic rings. The Bertz CT molecular complexity index is 1080. The number of hydrogen-bond donors (Lipinski definition) is 4. The van der Waals surface area contributed by atoms with E-state index in [4.69, 9.17) is 10.5 Å². The largest absolute Gasteiger partial charge is 0.497 e. The highest BCUT2D eigenvalue weighted by atomic mass is 32.1. The van der Waals surface area contributed by atoms with Gasteiger partial charge in [0.25, 0.3) is 5.91 Å².